The SMILES string of the molecule is CC(C)c1ccccc1NC(=O)C1CC1C(=O)NCc1ccncc1. The van der Waals surface area contributed by atoms with Crippen LogP contribution in [-0.4, -0.2) is 16.8 Å². The Morgan fingerprint density at radius 2 is 1.76 bits per heavy atom. The Kier molecular flexibility index (Phi) is 5.12. The summed E-state index contributed by atoms with van der Waals surface area (Å²) in [5.41, 5.74) is 2.94. The first-order valence-electron chi connectivity index (χ1n) is 8.62. The van der Waals surface area contributed by atoms with Crippen molar-refractivity contribution in [2.75, 3.05) is 5.32 Å². The highest BCUT2D eigenvalue weighted by atomic mass is 16.2. The molecule has 1 aliphatic carbocycles. The number of nitrogens with one attached hydrogen (secondary N) is 2. The lowest BCUT2D eigenvalue weighted by Crippen LogP contribution is -2.27. The maximum Gasteiger partial charge on any atom is 0.228 e. The minimum Gasteiger partial charge on any atom is -0.352 e. The Morgan fingerprint density at radius 1 is 1.08 bits per heavy atom. The van der Waals surface area contributed by atoms with Crippen molar-refractivity contribution in [3.63, 3.8) is 0 Å². The number of para-hydroxylation sites is 1. The summed E-state index contributed by atoms with van der Waals surface area (Å²) in [6.07, 6.45) is 4.00. The first-order valence-corrected chi connectivity index (χ1v) is 8.62. The van der Waals surface area contributed by atoms with Gasteiger partial charge in [0.05, 0.1) is 11.8 Å². The minimum atomic E-state index is -0.238. The third-order valence-electron chi connectivity index (χ3n) is 4.52. The van der Waals surface area contributed by atoms with Crippen molar-refractivity contribution in [3.05, 3.63) is 59.9 Å². The molecule has 1 saturated carbocycles. The number of benzene rings is 1. The number of anilines is 1. The monoisotopic (exact) mass is 337 g/mol. The fraction of sp³-hybridized carbons (Fsp3) is 0.350. The molecule has 130 valence electrons. The van der Waals surface area contributed by atoms with Crippen LogP contribution in [0.5, 0.6) is 0 Å². The molecule has 2 unspecified atom stereocenters. The van der Waals surface area contributed by atoms with E-state index in [-0.39, 0.29) is 23.7 Å². The van der Waals surface area contributed by atoms with Gasteiger partial charge in [0.15, 0.2) is 0 Å². The van der Waals surface area contributed by atoms with Crippen LogP contribution in [0.15, 0.2) is 48.8 Å². The van der Waals surface area contributed by atoms with Gasteiger partial charge in [-0.2, -0.15) is 0 Å². The van der Waals surface area contributed by atoms with Gasteiger partial charge in [0.1, 0.15) is 0 Å². The number of rotatable bonds is 6. The summed E-state index contributed by atoms with van der Waals surface area (Å²) >= 11 is 0. The predicted molar refractivity (Wildman–Crippen MR) is 96.8 cm³/mol. The average molecular weight is 337 g/mol. The third kappa shape index (κ3) is 4.24. The summed E-state index contributed by atoms with van der Waals surface area (Å²) in [5, 5.41) is 5.88. The van der Waals surface area contributed by atoms with Gasteiger partial charge in [0.2, 0.25) is 11.8 Å². The lowest BCUT2D eigenvalue weighted by molar-refractivity contribution is -0.125. The molecule has 25 heavy (non-hydrogen) atoms. The van der Waals surface area contributed by atoms with Crippen molar-refractivity contribution in [2.45, 2.75) is 32.7 Å². The first kappa shape index (κ1) is 17.1. The van der Waals surface area contributed by atoms with Crippen LogP contribution in [0.3, 0.4) is 0 Å². The van der Waals surface area contributed by atoms with Gasteiger partial charge in [-0.15, -0.1) is 0 Å². The molecule has 2 atom stereocenters. The second-order valence-electron chi connectivity index (χ2n) is 6.75. The summed E-state index contributed by atoms with van der Waals surface area (Å²) in [6, 6.07) is 11.5. The van der Waals surface area contributed by atoms with Crippen LogP contribution in [0.1, 0.15) is 37.3 Å². The van der Waals surface area contributed by atoms with E-state index >= 15 is 0 Å². The van der Waals surface area contributed by atoms with Gasteiger partial charge in [-0.05, 0) is 41.7 Å². The zero-order valence-corrected chi connectivity index (χ0v) is 14.5. The fourth-order valence-corrected chi connectivity index (χ4v) is 2.94. The second kappa shape index (κ2) is 7.47. The third-order valence-corrected chi connectivity index (χ3v) is 4.52. The summed E-state index contributed by atoms with van der Waals surface area (Å²) in [7, 11) is 0. The maximum absolute atomic E-state index is 12.4. The fourth-order valence-electron chi connectivity index (χ4n) is 2.94. The highest BCUT2D eigenvalue weighted by Gasteiger charge is 2.48. The molecule has 0 radical (unpaired) electrons. The van der Waals surface area contributed by atoms with Gasteiger partial charge in [-0.25, -0.2) is 0 Å². The zero-order valence-electron chi connectivity index (χ0n) is 14.5. The topological polar surface area (TPSA) is 71.1 Å². The summed E-state index contributed by atoms with van der Waals surface area (Å²) in [5.74, 6) is -0.271. The predicted octanol–water partition coefficient (Wildman–Crippen LogP) is 3.10. The van der Waals surface area contributed by atoms with Crippen molar-refractivity contribution < 1.29 is 9.59 Å². The number of pyridine rings is 1. The molecular formula is C20H23N3O2. The van der Waals surface area contributed by atoms with Gasteiger partial charge in [0.25, 0.3) is 0 Å². The van der Waals surface area contributed by atoms with E-state index in [1.54, 1.807) is 12.4 Å². The van der Waals surface area contributed by atoms with Crippen LogP contribution in [-0.2, 0) is 16.1 Å². The molecule has 0 aliphatic heterocycles. The number of amides is 2. The molecule has 1 aromatic heterocycles. The van der Waals surface area contributed by atoms with Gasteiger partial charge >= 0.3 is 0 Å². The van der Waals surface area contributed by atoms with Gasteiger partial charge in [-0.3, -0.25) is 14.6 Å². The van der Waals surface area contributed by atoms with E-state index in [0.29, 0.717) is 18.9 Å². The van der Waals surface area contributed by atoms with E-state index in [1.807, 2.05) is 36.4 Å². The molecule has 1 aromatic carbocycles. The highest BCUT2D eigenvalue weighted by Crippen LogP contribution is 2.40. The van der Waals surface area contributed by atoms with Crippen LogP contribution >= 0.6 is 0 Å². The number of nitrogens with zero attached hydrogens (tertiary/aromatic N) is 1. The van der Waals surface area contributed by atoms with Gasteiger partial charge in [-0.1, -0.05) is 32.0 Å². The molecular weight excluding hydrogens is 314 g/mol. The first-order chi connectivity index (χ1) is 12.1. The number of hydrogen-bond acceptors (Lipinski definition) is 3. The molecule has 1 fully saturated rings. The maximum atomic E-state index is 12.4. The van der Waals surface area contributed by atoms with Gasteiger partial charge in [0, 0.05) is 24.6 Å². The Bertz CT molecular complexity index is 759. The number of aromatic nitrogens is 1. The number of carbonyl (C=O) groups is 2. The standard InChI is InChI=1S/C20H23N3O2/c1-13(2)15-5-3-4-6-18(15)23-20(25)17-11-16(17)19(24)22-12-14-7-9-21-10-8-14/h3-10,13,16-17H,11-12H2,1-2H3,(H,22,24)(H,23,25). The van der Waals surface area contributed by atoms with Crippen LogP contribution in [0, 0.1) is 11.8 Å². The Morgan fingerprint density at radius 3 is 2.48 bits per heavy atom. The summed E-state index contributed by atoms with van der Waals surface area (Å²) < 4.78 is 0. The zero-order chi connectivity index (χ0) is 17.8. The lowest BCUT2D eigenvalue weighted by Gasteiger charge is -2.13. The van der Waals surface area contributed by atoms with Crippen LogP contribution in [0.4, 0.5) is 5.69 Å². The van der Waals surface area contributed by atoms with Crippen molar-refractivity contribution in [1.29, 1.82) is 0 Å². The minimum absolute atomic E-state index is 0.0610. The Balaban J connectivity index is 1.53. The highest BCUT2D eigenvalue weighted by molar-refractivity contribution is 5.99. The van der Waals surface area contributed by atoms with E-state index in [1.165, 1.54) is 0 Å². The molecule has 0 spiro atoms. The van der Waals surface area contributed by atoms with Crippen molar-refractivity contribution in [3.8, 4) is 0 Å². The molecule has 0 saturated heterocycles. The lowest BCUT2D eigenvalue weighted by atomic mass is 10.0. The van der Waals surface area contributed by atoms with Crippen LogP contribution in [0.25, 0.3) is 0 Å². The number of hydrogen-bond donors (Lipinski definition) is 2. The number of carbonyl (C=O) groups excluding carboxylic acids is 2. The van der Waals surface area contributed by atoms with Crippen molar-refractivity contribution in [1.82, 2.24) is 10.3 Å². The normalized spacial score (nSPS) is 18.7. The molecule has 1 heterocycles. The summed E-state index contributed by atoms with van der Waals surface area (Å²) in [6.45, 7) is 4.65. The van der Waals surface area contributed by atoms with E-state index in [4.69, 9.17) is 0 Å². The molecule has 2 aromatic rings. The van der Waals surface area contributed by atoms with E-state index < -0.39 is 0 Å². The smallest absolute Gasteiger partial charge is 0.228 e. The largest absolute Gasteiger partial charge is 0.352 e. The molecule has 5 heteroatoms. The second-order valence-corrected chi connectivity index (χ2v) is 6.75. The van der Waals surface area contributed by atoms with Crippen molar-refractivity contribution >= 4 is 17.5 Å². The van der Waals surface area contributed by atoms with Crippen LogP contribution < -0.4 is 10.6 Å². The van der Waals surface area contributed by atoms with Crippen LogP contribution in [0.2, 0.25) is 0 Å². The molecule has 0 bridgehead atoms. The molecule has 1 aliphatic rings. The molecule has 5 nitrogen and oxygen atoms in total. The molecule has 3 rings (SSSR count). The average Bonchev–Trinajstić information content (AvgIpc) is 3.42. The van der Waals surface area contributed by atoms with E-state index in [9.17, 15) is 9.59 Å². The quantitative estimate of drug-likeness (QED) is 0.851. The Hall–Kier alpha value is -2.69. The summed E-state index contributed by atoms with van der Waals surface area (Å²) in [4.78, 5) is 28.6. The van der Waals surface area contributed by atoms with E-state index in [2.05, 4.69) is 29.5 Å². The van der Waals surface area contributed by atoms with Crippen molar-refractivity contribution in [2.24, 2.45) is 11.8 Å². The van der Waals surface area contributed by atoms with Gasteiger partial charge < -0.3 is 10.6 Å². The van der Waals surface area contributed by atoms with E-state index in [0.717, 1.165) is 16.8 Å². The Labute approximate surface area is 147 Å². The molecule has 2 amide bonds. The molecule has 2 N–H and O–H groups in total.